The van der Waals surface area contributed by atoms with E-state index < -0.39 is 22.5 Å². The average molecular weight is 636 g/mol. The zero-order chi connectivity index (χ0) is 32.0. The zero-order valence-electron chi connectivity index (χ0n) is 25.2. The lowest BCUT2D eigenvalue weighted by Crippen LogP contribution is -2.30. The molecule has 0 aliphatic heterocycles. The molecule has 2 heterocycles. The summed E-state index contributed by atoms with van der Waals surface area (Å²) in [6.07, 6.45) is 6.53. The van der Waals surface area contributed by atoms with Crippen LogP contribution in [0.2, 0.25) is 0 Å². The van der Waals surface area contributed by atoms with Crippen LogP contribution in [-0.2, 0) is 23.8 Å². The van der Waals surface area contributed by atoms with E-state index in [1.165, 1.54) is 48.1 Å². The molecule has 0 saturated carbocycles. The Bertz CT molecular complexity index is 1320. The van der Waals surface area contributed by atoms with Gasteiger partial charge in [0.25, 0.3) is 0 Å². The van der Waals surface area contributed by atoms with Crippen LogP contribution in [0.5, 0.6) is 0 Å². The molecule has 3 aromatic rings. The lowest BCUT2D eigenvalue weighted by atomic mass is 10.2. The van der Waals surface area contributed by atoms with Gasteiger partial charge < -0.3 is 15.3 Å². The number of benzene rings is 1. The van der Waals surface area contributed by atoms with E-state index in [9.17, 15) is 23.1 Å². The molecule has 2 N–H and O–H groups in total. The van der Waals surface area contributed by atoms with Crippen LogP contribution in [0.15, 0.2) is 70.8 Å². The molecule has 43 heavy (non-hydrogen) atoms. The summed E-state index contributed by atoms with van der Waals surface area (Å²) >= 11 is 2.61. The van der Waals surface area contributed by atoms with Gasteiger partial charge in [-0.2, -0.15) is 13.2 Å². The standard InChI is InChI=1S/C27H30F3N5O2S2.C4H10/c1-5-18-13-32-24(33-14-18)35(12-11-22-17-38-25(34-22)39-26(3,4)23(36)37)16-19(6-2)15-31-21-9-7-20(8-10-21)27(28,29)30;1-3-4-2/h6-10,13-15,17,31H,2,5,11-12,16H2,1,3-4H3,(H,36,37);3-4H2,1-2H3/b19-15+;. The fraction of sp³-hybridized carbons (Fsp3) is 0.419. The molecule has 0 atom stereocenters. The Morgan fingerprint density at radius 3 is 2.26 bits per heavy atom. The molecule has 0 fully saturated rings. The van der Waals surface area contributed by atoms with E-state index in [0.717, 1.165) is 35.4 Å². The molecular formula is C31H40F3N5O2S2. The second kappa shape index (κ2) is 17.0. The lowest BCUT2D eigenvalue weighted by molar-refractivity contribution is -0.139. The van der Waals surface area contributed by atoms with E-state index >= 15 is 0 Å². The Morgan fingerprint density at radius 1 is 1.12 bits per heavy atom. The number of hydrogen-bond donors (Lipinski definition) is 2. The van der Waals surface area contributed by atoms with Gasteiger partial charge in [0.1, 0.15) is 4.75 Å². The monoisotopic (exact) mass is 635 g/mol. The van der Waals surface area contributed by atoms with Crippen LogP contribution in [0.1, 0.15) is 64.3 Å². The molecular weight excluding hydrogens is 596 g/mol. The first-order valence-electron chi connectivity index (χ1n) is 14.0. The Hall–Kier alpha value is -3.38. The molecule has 1 aromatic carbocycles. The maximum atomic E-state index is 12.8. The topological polar surface area (TPSA) is 91.2 Å². The van der Waals surface area contributed by atoms with Gasteiger partial charge in [0, 0.05) is 49.2 Å². The highest BCUT2D eigenvalue weighted by molar-refractivity contribution is 8.03. The molecule has 0 saturated heterocycles. The van der Waals surface area contributed by atoms with Crippen molar-refractivity contribution in [2.45, 2.75) is 75.6 Å². The summed E-state index contributed by atoms with van der Waals surface area (Å²) in [6, 6.07) is 4.79. The molecule has 3 rings (SSSR count). The first-order valence-corrected chi connectivity index (χ1v) is 15.7. The number of carboxylic acids is 1. The van der Waals surface area contributed by atoms with Gasteiger partial charge in [-0.05, 0) is 55.7 Å². The van der Waals surface area contributed by atoms with Gasteiger partial charge in [-0.3, -0.25) is 4.79 Å². The summed E-state index contributed by atoms with van der Waals surface area (Å²) in [7, 11) is 0. The minimum absolute atomic E-state index is 0.389. The zero-order valence-corrected chi connectivity index (χ0v) is 26.9. The third-order valence-electron chi connectivity index (χ3n) is 6.18. The molecule has 0 amide bonds. The number of anilines is 2. The first kappa shape index (κ1) is 35.8. The van der Waals surface area contributed by atoms with Crippen molar-refractivity contribution < 1.29 is 23.1 Å². The summed E-state index contributed by atoms with van der Waals surface area (Å²) in [5, 5.41) is 14.3. The molecule has 0 aliphatic carbocycles. The van der Waals surface area contributed by atoms with Crippen LogP contribution < -0.4 is 10.2 Å². The fourth-order valence-corrected chi connectivity index (χ4v) is 5.45. The van der Waals surface area contributed by atoms with Crippen molar-refractivity contribution >= 4 is 40.7 Å². The van der Waals surface area contributed by atoms with Crippen molar-refractivity contribution in [2.75, 3.05) is 23.3 Å². The van der Waals surface area contributed by atoms with Gasteiger partial charge in [0.2, 0.25) is 5.95 Å². The van der Waals surface area contributed by atoms with E-state index in [1.807, 2.05) is 17.2 Å². The molecule has 0 aliphatic rings. The Morgan fingerprint density at radius 2 is 1.74 bits per heavy atom. The highest BCUT2D eigenvalue weighted by atomic mass is 32.2. The highest BCUT2D eigenvalue weighted by Crippen LogP contribution is 2.35. The van der Waals surface area contributed by atoms with Gasteiger partial charge in [-0.15, -0.1) is 11.3 Å². The highest BCUT2D eigenvalue weighted by Gasteiger charge is 2.30. The number of thiazole rings is 1. The second-order valence-corrected chi connectivity index (χ2v) is 12.8. The van der Waals surface area contributed by atoms with Crippen molar-refractivity contribution in [2.24, 2.45) is 0 Å². The fourth-order valence-electron chi connectivity index (χ4n) is 3.23. The number of aliphatic carboxylic acids is 1. The van der Waals surface area contributed by atoms with E-state index in [1.54, 1.807) is 38.5 Å². The van der Waals surface area contributed by atoms with Gasteiger partial charge in [0.15, 0.2) is 4.34 Å². The number of nitrogens with one attached hydrogen (secondary N) is 1. The number of carboxylic acid groups (broad SMARTS) is 1. The summed E-state index contributed by atoms with van der Waals surface area (Å²) in [4.78, 5) is 27.0. The number of alkyl halides is 3. The van der Waals surface area contributed by atoms with Gasteiger partial charge in [0.05, 0.1) is 11.3 Å². The minimum Gasteiger partial charge on any atom is -0.480 e. The third-order valence-corrected chi connectivity index (χ3v) is 8.35. The number of aryl methyl sites for hydroxylation is 1. The molecule has 0 spiro atoms. The number of unbranched alkanes of at least 4 members (excludes halogenated alkanes) is 1. The molecule has 0 bridgehead atoms. The summed E-state index contributed by atoms with van der Waals surface area (Å²) in [5.41, 5.74) is 2.40. The van der Waals surface area contributed by atoms with E-state index in [-0.39, 0.29) is 0 Å². The van der Waals surface area contributed by atoms with Crippen LogP contribution in [0.4, 0.5) is 24.8 Å². The van der Waals surface area contributed by atoms with Crippen molar-refractivity contribution in [1.29, 1.82) is 0 Å². The number of halogens is 3. The number of aromatic nitrogens is 3. The molecule has 7 nitrogen and oxygen atoms in total. The van der Waals surface area contributed by atoms with Gasteiger partial charge in [-0.1, -0.05) is 58.0 Å². The molecule has 2 aromatic heterocycles. The van der Waals surface area contributed by atoms with Crippen LogP contribution in [-0.4, -0.2) is 43.9 Å². The van der Waals surface area contributed by atoms with Crippen molar-refractivity contribution in [1.82, 2.24) is 15.0 Å². The van der Waals surface area contributed by atoms with Crippen LogP contribution in [0, 0.1) is 0 Å². The largest absolute Gasteiger partial charge is 0.480 e. The quantitative estimate of drug-likeness (QED) is 0.135. The number of carbonyl (C=O) groups is 1. The number of rotatable bonds is 14. The summed E-state index contributed by atoms with van der Waals surface area (Å²) in [6.45, 7) is 14.4. The smallest absolute Gasteiger partial charge is 0.416 e. The van der Waals surface area contributed by atoms with Gasteiger partial charge in [-0.25, -0.2) is 15.0 Å². The minimum atomic E-state index is -4.39. The van der Waals surface area contributed by atoms with Crippen LogP contribution in [0.3, 0.4) is 0 Å². The molecule has 12 heteroatoms. The molecule has 234 valence electrons. The van der Waals surface area contributed by atoms with E-state index in [2.05, 4.69) is 40.7 Å². The van der Waals surface area contributed by atoms with E-state index in [0.29, 0.717) is 35.5 Å². The Balaban J connectivity index is 0.00000151. The van der Waals surface area contributed by atoms with Crippen molar-refractivity contribution in [3.63, 3.8) is 0 Å². The normalized spacial score (nSPS) is 11.9. The van der Waals surface area contributed by atoms with Crippen molar-refractivity contribution in [3.8, 4) is 0 Å². The molecule has 0 radical (unpaired) electrons. The lowest BCUT2D eigenvalue weighted by Gasteiger charge is -2.23. The Kier molecular flexibility index (Phi) is 14.2. The first-order chi connectivity index (χ1) is 20.3. The maximum Gasteiger partial charge on any atom is 0.416 e. The van der Waals surface area contributed by atoms with Crippen LogP contribution in [0.25, 0.3) is 0 Å². The van der Waals surface area contributed by atoms with E-state index in [4.69, 9.17) is 0 Å². The van der Waals surface area contributed by atoms with Gasteiger partial charge >= 0.3 is 12.1 Å². The number of thioether (sulfide) groups is 1. The maximum absolute atomic E-state index is 12.8. The summed E-state index contributed by atoms with van der Waals surface area (Å²) in [5.74, 6) is -0.386. The van der Waals surface area contributed by atoms with Crippen molar-refractivity contribution in [3.05, 3.63) is 83.3 Å². The number of hydrogen-bond acceptors (Lipinski definition) is 8. The third kappa shape index (κ3) is 12.0. The molecule has 0 unspecified atom stereocenters. The SMILES string of the molecule is C=C/C(=C\Nc1ccc(C(F)(F)F)cc1)CN(CCc1csc(SC(C)(C)C(=O)O)n1)c1ncc(CC)cn1.CCCC. The predicted molar refractivity (Wildman–Crippen MR) is 171 cm³/mol. The van der Waals surface area contributed by atoms with Crippen LogP contribution >= 0.6 is 23.1 Å². The average Bonchev–Trinajstić information content (AvgIpc) is 3.43. The Labute approximate surface area is 260 Å². The number of nitrogens with zero attached hydrogens (tertiary/aromatic N) is 4. The second-order valence-electron chi connectivity index (χ2n) is 10.1. The summed E-state index contributed by atoms with van der Waals surface area (Å²) < 4.78 is 38.2. The predicted octanol–water partition coefficient (Wildman–Crippen LogP) is 8.51.